The van der Waals surface area contributed by atoms with E-state index in [9.17, 15) is 5.11 Å². The molecule has 94 valence electrons. The lowest BCUT2D eigenvalue weighted by atomic mass is 10.0. The topological polar surface area (TPSA) is 32.3 Å². The zero-order valence-corrected chi connectivity index (χ0v) is 10.9. The number of fused-ring (bicyclic) bond motifs is 1. The minimum Gasteiger partial charge on any atom is -0.508 e. The average molecular weight is 241 g/mol. The first-order valence-corrected chi connectivity index (χ1v) is 6.51. The van der Waals surface area contributed by atoms with Gasteiger partial charge in [-0.2, -0.15) is 0 Å². The van der Waals surface area contributed by atoms with E-state index in [4.69, 9.17) is 0 Å². The van der Waals surface area contributed by atoms with Crippen molar-refractivity contribution < 1.29 is 5.11 Å². The van der Waals surface area contributed by atoms with Gasteiger partial charge in [0.05, 0.1) is 0 Å². The standard InChI is InChI=1S/C16H19NO/c1-16(2)9-15(16)17-10-13-12-6-4-3-5-11(12)7-8-14(13)18/h3-8,15,17-18H,9-10H2,1-2H3. The first kappa shape index (κ1) is 11.5. The van der Waals surface area contributed by atoms with Crippen molar-refractivity contribution in [2.75, 3.05) is 0 Å². The number of aromatic hydroxyl groups is 1. The van der Waals surface area contributed by atoms with Crippen molar-refractivity contribution in [2.45, 2.75) is 32.9 Å². The zero-order chi connectivity index (χ0) is 12.8. The maximum absolute atomic E-state index is 10.0. The Morgan fingerprint density at radius 1 is 1.22 bits per heavy atom. The van der Waals surface area contributed by atoms with Crippen LogP contribution in [0.5, 0.6) is 5.75 Å². The van der Waals surface area contributed by atoms with Crippen LogP contribution in [0.2, 0.25) is 0 Å². The second kappa shape index (κ2) is 3.99. The van der Waals surface area contributed by atoms with Gasteiger partial charge in [0.15, 0.2) is 0 Å². The summed E-state index contributed by atoms with van der Waals surface area (Å²) < 4.78 is 0. The van der Waals surface area contributed by atoms with Crippen LogP contribution in [0.3, 0.4) is 0 Å². The summed E-state index contributed by atoms with van der Waals surface area (Å²) in [7, 11) is 0. The van der Waals surface area contributed by atoms with Crippen LogP contribution in [0.15, 0.2) is 36.4 Å². The highest BCUT2D eigenvalue weighted by molar-refractivity contribution is 5.87. The Morgan fingerprint density at radius 3 is 2.67 bits per heavy atom. The summed E-state index contributed by atoms with van der Waals surface area (Å²) in [5.74, 6) is 0.389. The highest BCUT2D eigenvalue weighted by Gasteiger charge is 2.45. The van der Waals surface area contributed by atoms with E-state index < -0.39 is 0 Å². The first-order chi connectivity index (χ1) is 8.58. The molecule has 1 aliphatic carbocycles. The molecule has 0 amide bonds. The Bertz CT molecular complexity index is 589. The molecule has 0 aliphatic heterocycles. The van der Waals surface area contributed by atoms with E-state index in [0.717, 1.165) is 17.5 Å². The maximum Gasteiger partial charge on any atom is 0.120 e. The molecule has 0 radical (unpaired) electrons. The van der Waals surface area contributed by atoms with E-state index in [2.05, 4.69) is 31.3 Å². The van der Waals surface area contributed by atoms with Crippen molar-refractivity contribution in [3.05, 3.63) is 42.0 Å². The van der Waals surface area contributed by atoms with Crippen molar-refractivity contribution in [1.82, 2.24) is 5.32 Å². The molecular weight excluding hydrogens is 222 g/mol. The number of hydrogen-bond acceptors (Lipinski definition) is 2. The Balaban J connectivity index is 1.88. The fourth-order valence-corrected chi connectivity index (χ4v) is 2.55. The third-order valence-corrected chi connectivity index (χ3v) is 4.05. The van der Waals surface area contributed by atoms with Crippen molar-refractivity contribution in [3.63, 3.8) is 0 Å². The summed E-state index contributed by atoms with van der Waals surface area (Å²) in [6.45, 7) is 5.28. The lowest BCUT2D eigenvalue weighted by Crippen LogP contribution is -2.20. The van der Waals surface area contributed by atoms with Crippen molar-refractivity contribution in [1.29, 1.82) is 0 Å². The first-order valence-electron chi connectivity index (χ1n) is 6.51. The van der Waals surface area contributed by atoms with Crippen molar-refractivity contribution >= 4 is 10.8 Å². The van der Waals surface area contributed by atoms with E-state index in [-0.39, 0.29) is 0 Å². The molecule has 2 aromatic rings. The van der Waals surface area contributed by atoms with E-state index in [1.54, 1.807) is 6.07 Å². The van der Waals surface area contributed by atoms with Crippen LogP contribution in [0, 0.1) is 5.41 Å². The minimum atomic E-state index is 0.389. The highest BCUT2D eigenvalue weighted by atomic mass is 16.3. The normalized spacial score (nSPS) is 21.1. The van der Waals surface area contributed by atoms with Gasteiger partial charge in [-0.25, -0.2) is 0 Å². The van der Waals surface area contributed by atoms with E-state index in [1.165, 1.54) is 11.8 Å². The molecule has 1 fully saturated rings. The Morgan fingerprint density at radius 2 is 1.94 bits per heavy atom. The van der Waals surface area contributed by atoms with Gasteiger partial charge in [0, 0.05) is 18.2 Å². The van der Waals surface area contributed by atoms with Crippen LogP contribution in [0.4, 0.5) is 0 Å². The quantitative estimate of drug-likeness (QED) is 0.862. The van der Waals surface area contributed by atoms with Crippen LogP contribution >= 0.6 is 0 Å². The molecule has 0 aromatic heterocycles. The van der Waals surface area contributed by atoms with Gasteiger partial charge >= 0.3 is 0 Å². The van der Waals surface area contributed by atoms with Gasteiger partial charge in [-0.1, -0.05) is 44.2 Å². The molecule has 1 aliphatic rings. The van der Waals surface area contributed by atoms with E-state index in [1.807, 2.05) is 18.2 Å². The molecule has 2 N–H and O–H groups in total. The van der Waals surface area contributed by atoms with Crippen LogP contribution in [-0.4, -0.2) is 11.1 Å². The second-order valence-electron chi connectivity index (χ2n) is 5.91. The molecular formula is C16H19NO. The number of hydrogen-bond donors (Lipinski definition) is 2. The molecule has 0 spiro atoms. The molecule has 1 unspecified atom stereocenters. The largest absolute Gasteiger partial charge is 0.508 e. The van der Waals surface area contributed by atoms with E-state index in [0.29, 0.717) is 17.2 Å². The Hall–Kier alpha value is -1.54. The van der Waals surface area contributed by atoms with Gasteiger partial charge in [0.1, 0.15) is 5.75 Å². The number of phenolic OH excluding ortho intramolecular Hbond substituents is 1. The molecule has 3 rings (SSSR count). The Labute approximate surface area is 108 Å². The fourth-order valence-electron chi connectivity index (χ4n) is 2.55. The fraction of sp³-hybridized carbons (Fsp3) is 0.375. The monoisotopic (exact) mass is 241 g/mol. The van der Waals surface area contributed by atoms with Crippen molar-refractivity contribution in [3.8, 4) is 5.75 Å². The van der Waals surface area contributed by atoms with E-state index >= 15 is 0 Å². The molecule has 1 saturated carbocycles. The maximum atomic E-state index is 10.0. The summed E-state index contributed by atoms with van der Waals surface area (Å²) in [5.41, 5.74) is 1.43. The highest BCUT2D eigenvalue weighted by Crippen LogP contribution is 2.45. The smallest absolute Gasteiger partial charge is 0.120 e. The molecule has 2 nitrogen and oxygen atoms in total. The predicted molar refractivity (Wildman–Crippen MR) is 74.6 cm³/mol. The summed E-state index contributed by atoms with van der Waals surface area (Å²) >= 11 is 0. The molecule has 18 heavy (non-hydrogen) atoms. The SMILES string of the molecule is CC1(C)CC1NCc1c(O)ccc2ccccc12. The average Bonchev–Trinajstić information content (AvgIpc) is 2.96. The van der Waals surface area contributed by atoms with Gasteiger partial charge in [-0.3, -0.25) is 0 Å². The zero-order valence-electron chi connectivity index (χ0n) is 10.9. The number of benzene rings is 2. The summed E-state index contributed by atoms with van der Waals surface area (Å²) in [6.07, 6.45) is 1.22. The van der Waals surface area contributed by atoms with Crippen LogP contribution in [-0.2, 0) is 6.54 Å². The van der Waals surface area contributed by atoms with Gasteiger partial charge in [-0.05, 0) is 28.7 Å². The van der Waals surface area contributed by atoms with Gasteiger partial charge < -0.3 is 10.4 Å². The minimum absolute atomic E-state index is 0.389. The summed E-state index contributed by atoms with van der Waals surface area (Å²) in [6, 6.07) is 12.5. The summed E-state index contributed by atoms with van der Waals surface area (Å²) in [5, 5.41) is 15.9. The Kier molecular flexibility index (Phi) is 2.56. The second-order valence-corrected chi connectivity index (χ2v) is 5.91. The molecule has 2 heteroatoms. The van der Waals surface area contributed by atoms with Crippen LogP contribution in [0.1, 0.15) is 25.8 Å². The number of rotatable bonds is 3. The number of nitrogens with one attached hydrogen (secondary N) is 1. The molecule has 2 aromatic carbocycles. The number of phenols is 1. The third kappa shape index (κ3) is 1.97. The van der Waals surface area contributed by atoms with Crippen LogP contribution in [0.25, 0.3) is 10.8 Å². The van der Waals surface area contributed by atoms with Crippen molar-refractivity contribution in [2.24, 2.45) is 5.41 Å². The van der Waals surface area contributed by atoms with Gasteiger partial charge in [0.2, 0.25) is 0 Å². The van der Waals surface area contributed by atoms with Crippen LogP contribution < -0.4 is 5.32 Å². The summed E-state index contributed by atoms with van der Waals surface area (Å²) in [4.78, 5) is 0. The third-order valence-electron chi connectivity index (χ3n) is 4.05. The molecule has 1 atom stereocenters. The molecule has 0 heterocycles. The van der Waals surface area contributed by atoms with Gasteiger partial charge in [-0.15, -0.1) is 0 Å². The molecule has 0 saturated heterocycles. The molecule has 0 bridgehead atoms. The lowest BCUT2D eigenvalue weighted by Gasteiger charge is -2.11. The lowest BCUT2D eigenvalue weighted by molar-refractivity contribution is 0.462. The predicted octanol–water partition coefficient (Wildman–Crippen LogP) is 3.43. The van der Waals surface area contributed by atoms with Gasteiger partial charge in [0.25, 0.3) is 0 Å².